The van der Waals surface area contributed by atoms with E-state index >= 15 is 0 Å². The molecule has 0 fully saturated rings. The van der Waals surface area contributed by atoms with Gasteiger partial charge in [0.1, 0.15) is 11.4 Å². The molecule has 0 bridgehead atoms. The van der Waals surface area contributed by atoms with E-state index in [-0.39, 0.29) is 11.5 Å². The quantitative estimate of drug-likeness (QED) is 0.592. The van der Waals surface area contributed by atoms with Gasteiger partial charge in [-0.3, -0.25) is 0 Å². The molecule has 1 aromatic rings. The van der Waals surface area contributed by atoms with Crippen LogP contribution in [0.1, 0.15) is 38.3 Å². The van der Waals surface area contributed by atoms with Crippen molar-refractivity contribution >= 4 is 15.1 Å². The molecule has 0 aliphatic carbocycles. The molecule has 0 N–H and O–H groups in total. The van der Waals surface area contributed by atoms with Crippen LogP contribution in [0.4, 0.5) is 0 Å². The van der Waals surface area contributed by atoms with E-state index in [4.69, 9.17) is 18.9 Å². The molecule has 4 nitrogen and oxygen atoms in total. The molecule has 0 saturated carbocycles. The minimum absolute atomic E-state index is 0.0128. The van der Waals surface area contributed by atoms with Crippen molar-refractivity contribution < 1.29 is 13.9 Å². The van der Waals surface area contributed by atoms with Gasteiger partial charge in [0.25, 0.3) is 0 Å². The Balaban J connectivity index is 3.23. The van der Waals surface area contributed by atoms with Gasteiger partial charge in [0.05, 0.1) is 32.3 Å². The number of ether oxygens (including phenoxy) is 2. The molecule has 1 aromatic heterocycles. The molecule has 0 aliphatic rings. The van der Waals surface area contributed by atoms with Gasteiger partial charge < -0.3 is 13.9 Å². The van der Waals surface area contributed by atoms with Crippen LogP contribution in [0, 0.1) is 5.41 Å². The molecule has 1 heterocycles. The molecule has 0 aromatic carbocycles. The minimum Gasteiger partial charge on any atom is -0.504 e. The third-order valence-electron chi connectivity index (χ3n) is 2.95. The highest BCUT2D eigenvalue weighted by atomic mass is 28.3. The second-order valence-corrected chi connectivity index (χ2v) is 8.66. The Hall–Kier alpha value is -1.33. The third kappa shape index (κ3) is 5.17. The largest absolute Gasteiger partial charge is 0.504 e. The maximum Gasteiger partial charge on any atom is 0.171 e. The smallest absolute Gasteiger partial charge is 0.171 e. The summed E-state index contributed by atoms with van der Waals surface area (Å²) in [6.07, 6.45) is 3.37. The standard InChI is InChI=1S/C16H27NO3Si/c1-16(2,3)15(20-21(6)7)13-8-9-14(19-5)12(17-13)10-11-18-4/h8-11,15,21H,1-7H3. The van der Waals surface area contributed by atoms with Crippen molar-refractivity contribution in [2.75, 3.05) is 14.2 Å². The van der Waals surface area contributed by atoms with Gasteiger partial charge in [-0.05, 0) is 30.6 Å². The highest BCUT2D eigenvalue weighted by Gasteiger charge is 2.29. The van der Waals surface area contributed by atoms with Crippen LogP contribution in [0.3, 0.4) is 0 Å². The van der Waals surface area contributed by atoms with Gasteiger partial charge in [0.15, 0.2) is 9.04 Å². The van der Waals surface area contributed by atoms with Crippen LogP contribution in [-0.2, 0) is 9.16 Å². The van der Waals surface area contributed by atoms with Crippen molar-refractivity contribution in [3.05, 3.63) is 29.8 Å². The first kappa shape index (κ1) is 17.7. The van der Waals surface area contributed by atoms with Gasteiger partial charge in [-0.1, -0.05) is 20.8 Å². The molecule has 118 valence electrons. The van der Waals surface area contributed by atoms with Crippen LogP contribution >= 0.6 is 0 Å². The Labute approximate surface area is 129 Å². The van der Waals surface area contributed by atoms with E-state index in [0.717, 1.165) is 17.1 Å². The zero-order valence-electron chi connectivity index (χ0n) is 14.1. The Kier molecular flexibility index (Phi) is 6.42. The molecule has 21 heavy (non-hydrogen) atoms. The van der Waals surface area contributed by atoms with Crippen LogP contribution in [0.2, 0.25) is 13.1 Å². The topological polar surface area (TPSA) is 40.6 Å². The monoisotopic (exact) mass is 309 g/mol. The average Bonchev–Trinajstić information content (AvgIpc) is 2.40. The fourth-order valence-electron chi connectivity index (χ4n) is 2.04. The molecule has 1 rings (SSSR count). The van der Waals surface area contributed by atoms with Gasteiger partial charge in [0.2, 0.25) is 0 Å². The number of aromatic nitrogens is 1. The minimum atomic E-state index is -1.17. The lowest BCUT2D eigenvalue weighted by Gasteiger charge is -2.32. The van der Waals surface area contributed by atoms with Crippen molar-refractivity contribution in [3.8, 4) is 5.75 Å². The highest BCUT2D eigenvalue weighted by molar-refractivity contribution is 6.48. The predicted octanol–water partition coefficient (Wildman–Crippen LogP) is 3.79. The number of hydrogen-bond acceptors (Lipinski definition) is 4. The van der Waals surface area contributed by atoms with Crippen molar-refractivity contribution in [1.29, 1.82) is 0 Å². The Bertz CT molecular complexity index is 481. The zero-order valence-corrected chi connectivity index (χ0v) is 15.3. The first-order valence-electron chi connectivity index (χ1n) is 7.19. The summed E-state index contributed by atoms with van der Waals surface area (Å²) in [5.74, 6) is 0.724. The molecule has 0 amide bonds. The maximum absolute atomic E-state index is 6.21. The number of nitrogens with zero attached hydrogens (tertiary/aromatic N) is 1. The lowest BCUT2D eigenvalue weighted by atomic mass is 9.87. The lowest BCUT2D eigenvalue weighted by Crippen LogP contribution is -2.26. The third-order valence-corrected chi connectivity index (χ3v) is 3.77. The SMILES string of the molecule is COC=Cc1nc(C(O[SiH](C)C)C(C)(C)C)ccc1OC. The fourth-order valence-corrected chi connectivity index (χ4v) is 3.13. The van der Waals surface area contributed by atoms with Crippen molar-refractivity contribution in [2.24, 2.45) is 5.41 Å². The van der Waals surface area contributed by atoms with E-state index in [0.29, 0.717) is 0 Å². The highest BCUT2D eigenvalue weighted by Crippen LogP contribution is 2.36. The number of rotatable bonds is 6. The Morgan fingerprint density at radius 2 is 1.86 bits per heavy atom. The second-order valence-electron chi connectivity index (χ2n) is 6.29. The summed E-state index contributed by atoms with van der Waals surface area (Å²) in [6, 6.07) is 3.91. The summed E-state index contributed by atoms with van der Waals surface area (Å²) in [6.45, 7) is 10.9. The molecule has 0 spiro atoms. The molecule has 0 saturated heterocycles. The van der Waals surface area contributed by atoms with Crippen LogP contribution in [0.15, 0.2) is 18.4 Å². The van der Waals surface area contributed by atoms with Crippen LogP contribution < -0.4 is 4.74 Å². The normalized spacial score (nSPS) is 13.7. The number of pyridine rings is 1. The number of methoxy groups -OCH3 is 2. The van der Waals surface area contributed by atoms with E-state index in [1.54, 1.807) is 26.6 Å². The molecule has 0 radical (unpaired) electrons. The molecule has 5 heteroatoms. The van der Waals surface area contributed by atoms with Crippen molar-refractivity contribution in [3.63, 3.8) is 0 Å². The van der Waals surface area contributed by atoms with Gasteiger partial charge >= 0.3 is 0 Å². The fraction of sp³-hybridized carbons (Fsp3) is 0.562. The van der Waals surface area contributed by atoms with Gasteiger partial charge in [-0.2, -0.15) is 0 Å². The molecule has 1 unspecified atom stereocenters. The van der Waals surface area contributed by atoms with Gasteiger partial charge in [-0.15, -0.1) is 0 Å². The predicted molar refractivity (Wildman–Crippen MR) is 89.0 cm³/mol. The Morgan fingerprint density at radius 3 is 2.33 bits per heavy atom. The van der Waals surface area contributed by atoms with E-state index in [1.165, 1.54) is 0 Å². The summed E-state index contributed by atoms with van der Waals surface area (Å²) >= 11 is 0. The van der Waals surface area contributed by atoms with E-state index in [2.05, 4.69) is 33.9 Å². The molecule has 0 aliphatic heterocycles. The van der Waals surface area contributed by atoms with Crippen molar-refractivity contribution in [1.82, 2.24) is 4.98 Å². The molecule has 1 atom stereocenters. The maximum atomic E-state index is 6.21. The molecular weight excluding hydrogens is 282 g/mol. The van der Waals surface area contributed by atoms with E-state index < -0.39 is 9.04 Å². The number of hydrogen-bond donors (Lipinski definition) is 0. The lowest BCUT2D eigenvalue weighted by molar-refractivity contribution is 0.0826. The van der Waals surface area contributed by atoms with Gasteiger partial charge in [-0.25, -0.2) is 4.98 Å². The first-order chi connectivity index (χ1) is 9.79. The van der Waals surface area contributed by atoms with E-state index in [1.807, 2.05) is 12.1 Å². The van der Waals surface area contributed by atoms with Crippen molar-refractivity contribution in [2.45, 2.75) is 40.0 Å². The summed E-state index contributed by atoms with van der Waals surface area (Å²) < 4.78 is 16.5. The summed E-state index contributed by atoms with van der Waals surface area (Å²) in [4.78, 5) is 4.71. The summed E-state index contributed by atoms with van der Waals surface area (Å²) in [7, 11) is 2.08. The Morgan fingerprint density at radius 1 is 1.19 bits per heavy atom. The molecular formula is C16H27NO3Si. The average molecular weight is 309 g/mol. The first-order valence-corrected chi connectivity index (χ1v) is 9.97. The second kappa shape index (κ2) is 7.61. The van der Waals surface area contributed by atoms with E-state index in [9.17, 15) is 0 Å². The van der Waals surface area contributed by atoms with Gasteiger partial charge in [0, 0.05) is 6.08 Å². The zero-order chi connectivity index (χ0) is 16.0. The van der Waals surface area contributed by atoms with Crippen LogP contribution in [0.25, 0.3) is 6.08 Å². The summed E-state index contributed by atoms with van der Waals surface area (Å²) in [5, 5.41) is 0. The van der Waals surface area contributed by atoms with Crippen LogP contribution in [0.5, 0.6) is 5.75 Å². The summed E-state index contributed by atoms with van der Waals surface area (Å²) in [5.41, 5.74) is 1.67. The van der Waals surface area contributed by atoms with Crippen LogP contribution in [-0.4, -0.2) is 28.2 Å².